The van der Waals surface area contributed by atoms with Gasteiger partial charge in [-0.2, -0.15) is 0 Å². The molecule has 0 heterocycles. The third-order valence-corrected chi connectivity index (χ3v) is 4.07. The minimum absolute atomic E-state index is 0.281. The van der Waals surface area contributed by atoms with Gasteiger partial charge in [-0.15, -0.1) is 0 Å². The van der Waals surface area contributed by atoms with Gasteiger partial charge in [0.1, 0.15) is 5.75 Å². The van der Waals surface area contributed by atoms with Crippen molar-refractivity contribution in [1.29, 1.82) is 0 Å². The van der Waals surface area contributed by atoms with Gasteiger partial charge < -0.3 is 4.74 Å². The molecule has 0 amide bonds. The van der Waals surface area contributed by atoms with Crippen molar-refractivity contribution in [2.75, 3.05) is 7.11 Å². The molecule has 1 aromatic rings. The van der Waals surface area contributed by atoms with Crippen LogP contribution in [0.15, 0.2) is 23.1 Å². The fraction of sp³-hybridized carbons (Fsp3) is 0.400. The quantitative estimate of drug-likeness (QED) is 0.767. The number of ether oxygens (including phenoxy) is 1. The molecule has 0 saturated heterocycles. The Hall–Kier alpha value is -1.03. The number of rotatable bonds is 3. The summed E-state index contributed by atoms with van der Waals surface area (Å²) in [5.74, 6) is 0.437. The Morgan fingerprint density at radius 1 is 1.43 bits per heavy atom. The molecule has 77 valence electrons. The summed E-state index contributed by atoms with van der Waals surface area (Å²) in [4.78, 5) is 0.281. The van der Waals surface area contributed by atoms with Crippen molar-refractivity contribution in [2.24, 2.45) is 0 Å². The molecule has 0 spiro atoms. The van der Waals surface area contributed by atoms with Crippen LogP contribution < -0.4 is 4.74 Å². The molecule has 14 heavy (non-hydrogen) atoms. The highest BCUT2D eigenvalue weighted by molar-refractivity contribution is 7.92. The predicted molar refractivity (Wildman–Crippen MR) is 54.2 cm³/mol. The van der Waals surface area contributed by atoms with Crippen molar-refractivity contribution in [1.82, 2.24) is 0 Å². The third kappa shape index (κ3) is 2.07. The van der Waals surface area contributed by atoms with Crippen LogP contribution in [0.1, 0.15) is 13.8 Å². The summed E-state index contributed by atoms with van der Waals surface area (Å²) in [5, 5.41) is -0.422. The summed E-state index contributed by atoms with van der Waals surface area (Å²) in [6, 6.07) is 7.34. The lowest BCUT2D eigenvalue weighted by atomic mass is 10.3. The smallest absolute Gasteiger partial charge is 0.180 e. The monoisotopic (exact) mass is 213 g/mol. The molecule has 1 radical (unpaired) electrons. The van der Waals surface area contributed by atoms with Crippen LogP contribution in [0.25, 0.3) is 0 Å². The molecular formula is C10H13O3S. The van der Waals surface area contributed by atoms with Crippen molar-refractivity contribution >= 4 is 9.84 Å². The Labute approximate surface area is 84.6 Å². The van der Waals surface area contributed by atoms with E-state index in [0.717, 1.165) is 0 Å². The molecule has 0 aromatic heterocycles. The highest BCUT2D eigenvalue weighted by Gasteiger charge is 2.19. The molecule has 0 aliphatic rings. The lowest BCUT2D eigenvalue weighted by Crippen LogP contribution is -2.13. The van der Waals surface area contributed by atoms with Crippen LogP contribution >= 0.6 is 0 Å². The van der Waals surface area contributed by atoms with Crippen LogP contribution in [0.4, 0.5) is 0 Å². The molecule has 1 rings (SSSR count). The fourth-order valence-corrected chi connectivity index (χ4v) is 2.07. The van der Waals surface area contributed by atoms with Crippen LogP contribution in [0.3, 0.4) is 0 Å². The van der Waals surface area contributed by atoms with E-state index in [0.29, 0.717) is 5.75 Å². The fourth-order valence-electron chi connectivity index (χ4n) is 0.992. The maximum Gasteiger partial charge on any atom is 0.180 e. The lowest BCUT2D eigenvalue weighted by Gasteiger charge is -2.08. The van der Waals surface area contributed by atoms with E-state index in [1.807, 2.05) is 0 Å². The summed E-state index contributed by atoms with van der Waals surface area (Å²) in [6.07, 6.45) is 0. The molecule has 0 aliphatic carbocycles. The SMILES string of the molecule is COc1[c]ccc(S(=O)(=O)C(C)C)c1. The Bertz CT molecular complexity index is 407. The zero-order chi connectivity index (χ0) is 10.8. The predicted octanol–water partition coefficient (Wildman–Crippen LogP) is 1.68. The maximum absolute atomic E-state index is 11.7. The molecule has 0 fully saturated rings. The number of benzene rings is 1. The minimum atomic E-state index is -3.21. The second-order valence-electron chi connectivity index (χ2n) is 3.19. The zero-order valence-corrected chi connectivity index (χ0v) is 9.26. The molecule has 0 aliphatic heterocycles. The summed E-state index contributed by atoms with van der Waals surface area (Å²) >= 11 is 0. The average Bonchev–Trinajstić information content (AvgIpc) is 2.17. The number of sulfone groups is 1. The molecule has 0 N–H and O–H groups in total. The third-order valence-electron chi connectivity index (χ3n) is 1.92. The van der Waals surface area contributed by atoms with E-state index in [2.05, 4.69) is 6.07 Å². The van der Waals surface area contributed by atoms with Gasteiger partial charge >= 0.3 is 0 Å². The van der Waals surface area contributed by atoms with Crippen LogP contribution in [0.2, 0.25) is 0 Å². The summed E-state index contributed by atoms with van der Waals surface area (Å²) in [5.41, 5.74) is 0. The van der Waals surface area contributed by atoms with Crippen molar-refractivity contribution in [3.63, 3.8) is 0 Å². The van der Waals surface area contributed by atoms with Gasteiger partial charge in [0.25, 0.3) is 0 Å². The highest BCUT2D eigenvalue weighted by Crippen LogP contribution is 2.20. The first-order valence-corrected chi connectivity index (χ1v) is 5.82. The lowest BCUT2D eigenvalue weighted by molar-refractivity contribution is 0.412. The zero-order valence-electron chi connectivity index (χ0n) is 8.44. The molecule has 0 saturated carbocycles. The normalized spacial score (nSPS) is 11.7. The Balaban J connectivity index is 3.20. The Morgan fingerprint density at radius 3 is 2.57 bits per heavy atom. The molecule has 0 bridgehead atoms. The van der Waals surface area contributed by atoms with Gasteiger partial charge in [0.2, 0.25) is 0 Å². The van der Waals surface area contributed by atoms with Crippen molar-refractivity contribution in [3.05, 3.63) is 24.3 Å². The van der Waals surface area contributed by atoms with E-state index < -0.39 is 15.1 Å². The highest BCUT2D eigenvalue weighted by atomic mass is 32.2. The molecule has 0 atom stereocenters. The van der Waals surface area contributed by atoms with Gasteiger partial charge in [0.15, 0.2) is 9.84 Å². The van der Waals surface area contributed by atoms with Gasteiger partial charge in [-0.3, -0.25) is 0 Å². The van der Waals surface area contributed by atoms with Crippen LogP contribution in [-0.2, 0) is 9.84 Å². The first-order chi connectivity index (χ1) is 6.48. The molecule has 4 heteroatoms. The Morgan fingerprint density at radius 2 is 2.07 bits per heavy atom. The summed E-state index contributed by atoms with van der Waals surface area (Å²) in [7, 11) is -1.73. The van der Waals surface area contributed by atoms with Gasteiger partial charge in [-0.25, -0.2) is 8.42 Å². The van der Waals surface area contributed by atoms with Crippen LogP contribution in [-0.4, -0.2) is 20.8 Å². The minimum Gasteiger partial charge on any atom is -0.496 e. The molecule has 1 aromatic carbocycles. The van der Waals surface area contributed by atoms with Crippen molar-refractivity contribution in [2.45, 2.75) is 24.0 Å². The van der Waals surface area contributed by atoms with E-state index in [4.69, 9.17) is 4.74 Å². The Kier molecular flexibility index (Phi) is 3.16. The average molecular weight is 213 g/mol. The van der Waals surface area contributed by atoms with E-state index in [9.17, 15) is 8.42 Å². The van der Waals surface area contributed by atoms with Gasteiger partial charge in [0, 0.05) is 6.07 Å². The van der Waals surface area contributed by atoms with Gasteiger partial charge in [-0.1, -0.05) is 0 Å². The maximum atomic E-state index is 11.7. The first kappa shape index (κ1) is 11.0. The topological polar surface area (TPSA) is 43.4 Å². The van der Waals surface area contributed by atoms with Crippen LogP contribution in [0.5, 0.6) is 5.75 Å². The van der Waals surface area contributed by atoms with Gasteiger partial charge in [0.05, 0.1) is 17.3 Å². The molecule has 0 unspecified atom stereocenters. The number of hydrogen-bond donors (Lipinski definition) is 0. The molecule has 3 nitrogen and oxygen atoms in total. The van der Waals surface area contributed by atoms with Crippen molar-refractivity contribution in [3.8, 4) is 5.75 Å². The number of hydrogen-bond acceptors (Lipinski definition) is 3. The molecular weight excluding hydrogens is 200 g/mol. The van der Waals surface area contributed by atoms with E-state index >= 15 is 0 Å². The van der Waals surface area contributed by atoms with Gasteiger partial charge in [-0.05, 0) is 32.0 Å². The summed E-state index contributed by atoms with van der Waals surface area (Å²) < 4.78 is 28.4. The van der Waals surface area contributed by atoms with E-state index in [1.165, 1.54) is 19.2 Å². The second-order valence-corrected chi connectivity index (χ2v) is 5.69. The standard InChI is InChI=1S/C10H13O3S/c1-8(2)14(11,12)10-6-4-5-9(7-10)13-3/h4,6-8H,1-3H3. The van der Waals surface area contributed by atoms with E-state index in [-0.39, 0.29) is 4.90 Å². The number of methoxy groups -OCH3 is 1. The first-order valence-electron chi connectivity index (χ1n) is 4.28. The van der Waals surface area contributed by atoms with Crippen molar-refractivity contribution < 1.29 is 13.2 Å². The van der Waals surface area contributed by atoms with Crippen LogP contribution in [0, 0.1) is 6.07 Å². The summed E-state index contributed by atoms with van der Waals surface area (Å²) in [6.45, 7) is 3.30. The largest absolute Gasteiger partial charge is 0.496 e. The van der Waals surface area contributed by atoms with E-state index in [1.54, 1.807) is 19.9 Å². The second kappa shape index (κ2) is 4.00.